The van der Waals surface area contributed by atoms with Crippen molar-refractivity contribution in [3.05, 3.63) is 47.0 Å². The monoisotopic (exact) mass is 530 g/mol. The van der Waals surface area contributed by atoms with Crippen LogP contribution < -0.4 is 18.9 Å². The van der Waals surface area contributed by atoms with E-state index in [1.807, 2.05) is 43.4 Å². The fourth-order valence-electron chi connectivity index (χ4n) is 4.37. The molecule has 2 aromatic carbocycles. The first kappa shape index (κ1) is 29.3. The molecule has 3 rings (SSSR count). The van der Waals surface area contributed by atoms with Gasteiger partial charge in [0.25, 0.3) is 0 Å². The largest absolute Gasteiger partial charge is 0.496 e. The number of unbranched alkanes of at least 4 members (excludes halogenated alkanes) is 2. The quantitative estimate of drug-likeness (QED) is 0.224. The molecule has 0 aromatic heterocycles. The zero-order valence-electron chi connectivity index (χ0n) is 23.7. The highest BCUT2D eigenvalue weighted by Crippen LogP contribution is 2.45. The third-order valence-electron chi connectivity index (χ3n) is 7.61. The van der Waals surface area contributed by atoms with E-state index in [4.69, 9.17) is 18.9 Å². The first-order chi connectivity index (χ1) is 17.5. The van der Waals surface area contributed by atoms with E-state index in [0.29, 0.717) is 31.8 Å². The van der Waals surface area contributed by atoms with Crippen LogP contribution in [-0.4, -0.2) is 44.6 Å². The van der Waals surface area contributed by atoms with Crippen molar-refractivity contribution in [3.8, 4) is 23.0 Å². The van der Waals surface area contributed by atoms with E-state index in [0.717, 1.165) is 59.6 Å². The summed E-state index contributed by atoms with van der Waals surface area (Å²) in [6.07, 6.45) is 3.90. The van der Waals surface area contributed by atoms with Crippen molar-refractivity contribution < 1.29 is 28.8 Å². The predicted octanol–water partition coefficient (Wildman–Crippen LogP) is 6.61. The number of aliphatic hydroxyl groups excluding tert-OH is 1. The van der Waals surface area contributed by atoms with Crippen molar-refractivity contribution in [1.82, 2.24) is 0 Å². The average Bonchev–Trinajstić information content (AvgIpc) is 2.84. The number of hydrogen-bond acceptors (Lipinski definition) is 6. The minimum atomic E-state index is -2.38. The second kappa shape index (κ2) is 12.5. The number of ether oxygens (including phenoxy) is 4. The van der Waals surface area contributed by atoms with Crippen molar-refractivity contribution in [1.29, 1.82) is 0 Å². The minimum Gasteiger partial charge on any atom is -0.496 e. The lowest BCUT2D eigenvalue weighted by atomic mass is 9.92. The van der Waals surface area contributed by atoms with Gasteiger partial charge in [-0.25, -0.2) is 0 Å². The first-order valence-corrected chi connectivity index (χ1v) is 16.6. The van der Waals surface area contributed by atoms with Crippen LogP contribution in [0.1, 0.15) is 76.2 Å². The maximum atomic E-state index is 11.2. The van der Waals surface area contributed by atoms with Crippen molar-refractivity contribution in [2.75, 3.05) is 20.3 Å². The van der Waals surface area contributed by atoms with Crippen LogP contribution in [0.25, 0.3) is 0 Å². The molecule has 6 nitrogen and oxygen atoms in total. The molecule has 1 heterocycles. The zero-order valence-corrected chi connectivity index (χ0v) is 24.7. The van der Waals surface area contributed by atoms with Gasteiger partial charge in [-0.2, -0.15) is 0 Å². The molecule has 0 saturated heterocycles. The fraction of sp³-hybridized carbons (Fsp3) is 0.600. The van der Waals surface area contributed by atoms with Gasteiger partial charge < -0.3 is 28.8 Å². The highest BCUT2D eigenvalue weighted by molar-refractivity contribution is 6.72. The lowest BCUT2D eigenvalue weighted by molar-refractivity contribution is 0.0194. The molecule has 1 aliphatic heterocycles. The van der Waals surface area contributed by atoms with Crippen LogP contribution in [0, 0.1) is 0 Å². The molecular formula is C30H46O6Si. The van der Waals surface area contributed by atoms with E-state index >= 15 is 0 Å². The summed E-state index contributed by atoms with van der Waals surface area (Å²) in [6, 6.07) is 9.82. The highest BCUT2D eigenvalue weighted by Gasteiger charge is 2.39. The summed E-state index contributed by atoms with van der Waals surface area (Å²) in [6.45, 7) is 13.7. The van der Waals surface area contributed by atoms with Gasteiger partial charge in [0.1, 0.15) is 29.1 Å². The van der Waals surface area contributed by atoms with Gasteiger partial charge >= 0.3 is 0 Å². The summed E-state index contributed by atoms with van der Waals surface area (Å²) in [5.74, 6) is 2.87. The van der Waals surface area contributed by atoms with Crippen LogP contribution in [-0.2, 0) is 12.8 Å². The summed E-state index contributed by atoms with van der Waals surface area (Å²) >= 11 is 0. The Balaban J connectivity index is 1.90. The number of aliphatic hydroxyl groups is 1. The van der Waals surface area contributed by atoms with Gasteiger partial charge in [0, 0.05) is 24.1 Å². The minimum absolute atomic E-state index is 0.218. The van der Waals surface area contributed by atoms with Crippen molar-refractivity contribution >= 4 is 8.32 Å². The van der Waals surface area contributed by atoms with E-state index < -0.39 is 20.5 Å². The van der Waals surface area contributed by atoms with Crippen molar-refractivity contribution in [2.24, 2.45) is 0 Å². The molecule has 0 unspecified atom stereocenters. The lowest BCUT2D eigenvalue weighted by Crippen LogP contribution is -2.40. The maximum Gasteiger partial charge on any atom is 0.188 e. The molecular weight excluding hydrogens is 484 g/mol. The van der Waals surface area contributed by atoms with Gasteiger partial charge in [0.05, 0.1) is 26.4 Å². The summed E-state index contributed by atoms with van der Waals surface area (Å²) in [4.78, 5) is 10.8. The number of rotatable bonds is 13. The normalized spacial score (nSPS) is 17.6. The van der Waals surface area contributed by atoms with Crippen LogP contribution >= 0.6 is 0 Å². The molecule has 0 saturated carbocycles. The Hall–Kier alpha value is -2.22. The fourth-order valence-corrected chi connectivity index (χ4v) is 5.00. The van der Waals surface area contributed by atoms with Crippen molar-refractivity contribution in [2.45, 2.75) is 96.6 Å². The van der Waals surface area contributed by atoms with E-state index in [1.165, 1.54) is 0 Å². The standard InChI is InChI=1S/C30H46O6Si/c1-8-10-14-34-23-17-27(35-15-11-9-2)24-19-25(31)29(36-28(24)18-23)21-12-13-22(26(16-21)33-5)20-30(3,4)37(6,7)32/h12-13,16-18,25,29,31-32H,8-11,14-15,19-20H2,1-7H3/t25-,29-/m1/s1. The molecule has 0 radical (unpaired) electrons. The Morgan fingerprint density at radius 2 is 1.68 bits per heavy atom. The Labute approximate surface area is 224 Å². The summed E-state index contributed by atoms with van der Waals surface area (Å²) in [7, 11) is -0.722. The second-order valence-corrected chi connectivity index (χ2v) is 15.8. The molecule has 37 heavy (non-hydrogen) atoms. The molecule has 2 aromatic rings. The van der Waals surface area contributed by atoms with Gasteiger partial charge in [-0.05, 0) is 54.6 Å². The number of fused-ring (bicyclic) bond motifs is 1. The Kier molecular flexibility index (Phi) is 9.95. The van der Waals surface area contributed by atoms with Crippen LogP contribution in [0.2, 0.25) is 18.1 Å². The van der Waals surface area contributed by atoms with Gasteiger partial charge in [-0.1, -0.05) is 52.7 Å². The van der Waals surface area contributed by atoms with Crippen LogP contribution in [0.4, 0.5) is 0 Å². The second-order valence-electron chi connectivity index (χ2n) is 11.3. The maximum absolute atomic E-state index is 11.2. The van der Waals surface area contributed by atoms with Gasteiger partial charge in [-0.3, -0.25) is 0 Å². The molecule has 0 bridgehead atoms. The van der Waals surface area contributed by atoms with Gasteiger partial charge in [-0.15, -0.1) is 0 Å². The Bertz CT molecular complexity index is 1030. The average molecular weight is 531 g/mol. The summed E-state index contributed by atoms with van der Waals surface area (Å²) in [5.41, 5.74) is 2.76. The Morgan fingerprint density at radius 3 is 2.30 bits per heavy atom. The predicted molar refractivity (Wildman–Crippen MR) is 151 cm³/mol. The van der Waals surface area contributed by atoms with E-state index in [2.05, 4.69) is 27.7 Å². The SMILES string of the molecule is CCCCOc1cc(OCCCC)c2c(c1)O[C@H](c1ccc(CC(C)(C)[Si](C)(C)O)c(OC)c1)[C@H](O)C2. The molecule has 0 amide bonds. The molecule has 7 heteroatoms. The van der Waals surface area contributed by atoms with Crippen LogP contribution in [0.5, 0.6) is 23.0 Å². The highest BCUT2D eigenvalue weighted by atomic mass is 28.4. The first-order valence-electron chi connectivity index (χ1n) is 13.7. The van der Waals surface area contributed by atoms with Crippen LogP contribution in [0.3, 0.4) is 0 Å². The third-order valence-corrected chi connectivity index (χ3v) is 11.1. The van der Waals surface area contributed by atoms with E-state index in [1.54, 1.807) is 7.11 Å². The van der Waals surface area contributed by atoms with Crippen LogP contribution in [0.15, 0.2) is 30.3 Å². The van der Waals surface area contributed by atoms with E-state index in [-0.39, 0.29) is 5.04 Å². The molecule has 206 valence electrons. The molecule has 0 spiro atoms. The molecule has 2 atom stereocenters. The van der Waals surface area contributed by atoms with Gasteiger partial charge in [0.2, 0.25) is 0 Å². The third kappa shape index (κ3) is 7.21. The summed E-state index contributed by atoms with van der Waals surface area (Å²) < 4.78 is 24.3. The number of benzene rings is 2. The zero-order chi connectivity index (χ0) is 27.2. The molecule has 0 fully saturated rings. The number of methoxy groups -OCH3 is 1. The molecule has 2 N–H and O–H groups in total. The summed E-state index contributed by atoms with van der Waals surface area (Å²) in [5, 5.41) is 10.9. The lowest BCUT2D eigenvalue weighted by Gasteiger charge is -2.36. The molecule has 0 aliphatic carbocycles. The number of hydrogen-bond donors (Lipinski definition) is 2. The Morgan fingerprint density at radius 1 is 1.00 bits per heavy atom. The van der Waals surface area contributed by atoms with Crippen molar-refractivity contribution in [3.63, 3.8) is 0 Å². The van der Waals surface area contributed by atoms with E-state index in [9.17, 15) is 9.90 Å². The van der Waals surface area contributed by atoms with Gasteiger partial charge in [0.15, 0.2) is 8.32 Å². The topological polar surface area (TPSA) is 77.4 Å². The smallest absolute Gasteiger partial charge is 0.188 e. The molecule has 1 aliphatic rings.